The number of fused-ring (bicyclic) bond motifs is 2. The summed E-state index contributed by atoms with van der Waals surface area (Å²) < 4.78 is 10.9. The van der Waals surface area contributed by atoms with Crippen molar-refractivity contribution >= 4 is 17.6 Å². The van der Waals surface area contributed by atoms with Crippen molar-refractivity contribution in [3.8, 4) is 11.6 Å². The van der Waals surface area contributed by atoms with E-state index in [0.717, 1.165) is 50.2 Å². The zero-order valence-corrected chi connectivity index (χ0v) is 18.1. The molecule has 0 fully saturated rings. The van der Waals surface area contributed by atoms with Crippen LogP contribution in [0, 0.1) is 0 Å². The molecule has 0 bridgehead atoms. The van der Waals surface area contributed by atoms with Gasteiger partial charge in [-0.15, -0.1) is 0 Å². The summed E-state index contributed by atoms with van der Waals surface area (Å²) in [4.78, 5) is 33.0. The van der Waals surface area contributed by atoms with Crippen molar-refractivity contribution in [2.45, 2.75) is 57.3 Å². The topological polar surface area (TPSA) is 111 Å². The average Bonchev–Trinajstić information content (AvgIpc) is 2.81. The molecule has 0 saturated heterocycles. The van der Waals surface area contributed by atoms with Gasteiger partial charge in [0.1, 0.15) is 24.8 Å². The van der Waals surface area contributed by atoms with Crippen molar-refractivity contribution in [1.29, 1.82) is 0 Å². The summed E-state index contributed by atoms with van der Waals surface area (Å²) in [5.74, 6) is 0.152. The number of hydrogen-bond donors (Lipinski definition) is 2. The van der Waals surface area contributed by atoms with Gasteiger partial charge in [-0.25, -0.2) is 9.97 Å². The van der Waals surface area contributed by atoms with Gasteiger partial charge in [0, 0.05) is 31.3 Å². The smallest absolute Gasteiger partial charge is 0.311 e. The normalized spacial score (nSPS) is 15.4. The molecule has 0 amide bonds. The Morgan fingerprint density at radius 2 is 2.03 bits per heavy atom. The number of rotatable bonds is 10. The maximum Gasteiger partial charge on any atom is 0.311 e. The zero-order valence-electron chi connectivity index (χ0n) is 18.1. The minimum atomic E-state index is -0.969. The number of unbranched alkanes of at least 4 members (excludes halogenated alkanes) is 1. The molecule has 32 heavy (non-hydrogen) atoms. The molecule has 4 heterocycles. The molecule has 2 aliphatic rings. The largest absolute Gasteiger partial charge is 0.484 e. The third-order valence-electron chi connectivity index (χ3n) is 5.92. The van der Waals surface area contributed by atoms with E-state index in [2.05, 4.69) is 27.4 Å². The monoisotopic (exact) mass is 439 g/mol. The Kier molecular flexibility index (Phi) is 7.19. The molecule has 0 saturated carbocycles. The number of carboxylic acids is 1. The first-order valence-corrected chi connectivity index (χ1v) is 11.3. The number of Topliss-reactive ketones (excluding diaryl/α,β-unsaturated/α-hetero) is 1. The molecule has 2 aliphatic heterocycles. The van der Waals surface area contributed by atoms with Crippen LogP contribution < -0.4 is 14.8 Å². The van der Waals surface area contributed by atoms with Crippen LogP contribution >= 0.6 is 0 Å². The molecule has 4 rings (SSSR count). The highest BCUT2D eigenvalue weighted by Gasteiger charge is 2.24. The fourth-order valence-electron chi connectivity index (χ4n) is 4.14. The number of aryl methyl sites for hydroxylation is 2. The molecule has 0 spiro atoms. The minimum absolute atomic E-state index is 0.0850. The van der Waals surface area contributed by atoms with Crippen LogP contribution in [-0.2, 0) is 22.4 Å². The number of pyridine rings is 2. The molecule has 8 heteroatoms. The summed E-state index contributed by atoms with van der Waals surface area (Å²) in [7, 11) is 0. The highest BCUT2D eigenvalue weighted by atomic mass is 16.6. The van der Waals surface area contributed by atoms with Gasteiger partial charge in [-0.05, 0) is 61.8 Å². The van der Waals surface area contributed by atoms with Crippen molar-refractivity contribution in [2.24, 2.45) is 0 Å². The fraction of sp³-hybridized carbons (Fsp3) is 0.500. The molecule has 8 nitrogen and oxygen atoms in total. The zero-order chi connectivity index (χ0) is 22.3. The second-order valence-corrected chi connectivity index (χ2v) is 8.28. The molecule has 2 aromatic heterocycles. The number of anilines is 1. The van der Waals surface area contributed by atoms with Crippen molar-refractivity contribution in [3.63, 3.8) is 0 Å². The summed E-state index contributed by atoms with van der Waals surface area (Å²) in [6, 6.07) is 5.88. The summed E-state index contributed by atoms with van der Waals surface area (Å²) in [6.07, 6.45) is 7.13. The first-order chi connectivity index (χ1) is 15.6. The van der Waals surface area contributed by atoms with Gasteiger partial charge in [0.05, 0.1) is 5.92 Å². The van der Waals surface area contributed by atoms with Crippen molar-refractivity contribution < 1.29 is 24.2 Å². The first kappa shape index (κ1) is 22.0. The molecule has 1 atom stereocenters. The van der Waals surface area contributed by atoms with Crippen LogP contribution in [-0.4, -0.2) is 46.6 Å². The van der Waals surface area contributed by atoms with E-state index in [9.17, 15) is 14.7 Å². The molecule has 170 valence electrons. The van der Waals surface area contributed by atoms with Gasteiger partial charge in [-0.1, -0.05) is 6.07 Å². The lowest BCUT2D eigenvalue weighted by atomic mass is 9.93. The van der Waals surface area contributed by atoms with Gasteiger partial charge < -0.3 is 19.9 Å². The lowest BCUT2D eigenvalue weighted by molar-refractivity contribution is -0.139. The summed E-state index contributed by atoms with van der Waals surface area (Å²) in [5.41, 5.74) is 2.85. The highest BCUT2D eigenvalue weighted by Crippen LogP contribution is 2.32. The minimum Gasteiger partial charge on any atom is -0.484 e. The molecule has 2 aromatic rings. The molecule has 2 N–H and O–H groups in total. The summed E-state index contributed by atoms with van der Waals surface area (Å²) in [6.45, 7) is 1.80. The summed E-state index contributed by atoms with van der Waals surface area (Å²) >= 11 is 0. The van der Waals surface area contributed by atoms with Crippen molar-refractivity contribution in [2.75, 3.05) is 25.1 Å². The Hall–Kier alpha value is -3.16. The third-order valence-corrected chi connectivity index (χ3v) is 5.92. The standard InChI is InChI=1S/C24H29N3O5/c28-19(6-2-1-5-18-8-7-16-4-3-11-25-22(16)27-18)9-10-20(24(29)30)17-14-21-23(26-15-17)32-13-12-31-21/h7-8,14-15,20H,1-6,9-13H2,(H,25,27)(H,29,30)/t20-/m0/s1. The third kappa shape index (κ3) is 5.55. The lowest BCUT2D eigenvalue weighted by Gasteiger charge is -2.19. The number of carbonyl (C=O) groups excluding carboxylic acids is 1. The molecule has 0 aliphatic carbocycles. The number of hydrogen-bond acceptors (Lipinski definition) is 7. The Morgan fingerprint density at radius 1 is 1.16 bits per heavy atom. The molecule has 0 radical (unpaired) electrons. The van der Waals surface area contributed by atoms with Crippen LogP contribution in [0.4, 0.5) is 5.82 Å². The number of ether oxygens (including phenoxy) is 2. The van der Waals surface area contributed by atoms with Gasteiger partial charge >= 0.3 is 5.97 Å². The van der Waals surface area contributed by atoms with E-state index in [1.165, 1.54) is 11.8 Å². The van der Waals surface area contributed by atoms with Crippen LogP contribution in [0.2, 0.25) is 0 Å². The van der Waals surface area contributed by atoms with Gasteiger partial charge in [0.2, 0.25) is 0 Å². The van der Waals surface area contributed by atoms with E-state index in [1.807, 2.05) is 0 Å². The first-order valence-electron chi connectivity index (χ1n) is 11.3. The summed E-state index contributed by atoms with van der Waals surface area (Å²) in [5, 5.41) is 13.0. The van der Waals surface area contributed by atoms with Crippen LogP contribution in [0.3, 0.4) is 0 Å². The number of nitrogens with one attached hydrogen (secondary N) is 1. The van der Waals surface area contributed by atoms with Gasteiger partial charge in [-0.2, -0.15) is 0 Å². The number of aliphatic carboxylic acids is 1. The number of aromatic nitrogens is 2. The van der Waals surface area contributed by atoms with Gasteiger partial charge in [-0.3, -0.25) is 9.59 Å². The molecular weight excluding hydrogens is 410 g/mol. The van der Waals surface area contributed by atoms with E-state index in [4.69, 9.17) is 9.47 Å². The Labute approximate surface area is 187 Å². The van der Waals surface area contributed by atoms with E-state index < -0.39 is 11.9 Å². The maximum atomic E-state index is 12.4. The molecular formula is C24H29N3O5. The van der Waals surface area contributed by atoms with Gasteiger partial charge in [0.25, 0.3) is 5.88 Å². The number of ketones is 1. The highest BCUT2D eigenvalue weighted by molar-refractivity contribution is 5.81. The Bertz CT molecular complexity index is 978. The Balaban J connectivity index is 1.22. The Morgan fingerprint density at radius 3 is 2.91 bits per heavy atom. The second-order valence-electron chi connectivity index (χ2n) is 8.28. The molecule has 0 unspecified atom stereocenters. The SMILES string of the molecule is O=C(CCCCc1ccc2c(n1)NCCC2)CC[C@H](C(=O)O)c1cnc2c(c1)OCCO2. The maximum absolute atomic E-state index is 12.4. The van der Waals surface area contributed by atoms with Crippen LogP contribution in [0.5, 0.6) is 11.6 Å². The van der Waals surface area contributed by atoms with E-state index in [-0.39, 0.29) is 18.6 Å². The van der Waals surface area contributed by atoms with E-state index in [1.54, 1.807) is 6.07 Å². The van der Waals surface area contributed by atoms with Crippen molar-refractivity contribution in [1.82, 2.24) is 9.97 Å². The van der Waals surface area contributed by atoms with Gasteiger partial charge in [0.15, 0.2) is 5.75 Å². The van der Waals surface area contributed by atoms with Crippen molar-refractivity contribution in [3.05, 3.63) is 41.2 Å². The molecule has 0 aromatic carbocycles. The lowest BCUT2D eigenvalue weighted by Crippen LogP contribution is -2.18. The average molecular weight is 440 g/mol. The predicted molar refractivity (Wildman–Crippen MR) is 118 cm³/mol. The number of carboxylic acid groups (broad SMARTS) is 1. The van der Waals surface area contributed by atoms with E-state index in [0.29, 0.717) is 36.8 Å². The number of nitrogens with zero attached hydrogens (tertiary/aromatic N) is 2. The fourth-order valence-corrected chi connectivity index (χ4v) is 4.14. The van der Waals surface area contributed by atoms with Crippen LogP contribution in [0.15, 0.2) is 24.4 Å². The quantitative estimate of drug-likeness (QED) is 0.541. The van der Waals surface area contributed by atoms with Crippen LogP contribution in [0.1, 0.15) is 61.3 Å². The predicted octanol–water partition coefficient (Wildman–Crippen LogP) is 3.54. The number of carbonyl (C=O) groups is 2. The van der Waals surface area contributed by atoms with Crippen LogP contribution in [0.25, 0.3) is 0 Å². The second kappa shape index (κ2) is 10.4. The van der Waals surface area contributed by atoms with E-state index >= 15 is 0 Å².